The summed E-state index contributed by atoms with van der Waals surface area (Å²) in [4.78, 5) is 35.9. The van der Waals surface area contributed by atoms with Gasteiger partial charge in [-0.2, -0.15) is 5.10 Å². The van der Waals surface area contributed by atoms with E-state index < -0.39 is 18.5 Å². The molecule has 2 amide bonds. The van der Waals surface area contributed by atoms with Crippen molar-refractivity contribution in [3.63, 3.8) is 0 Å². The number of carbonyl (C=O) groups excluding carboxylic acids is 3. The van der Waals surface area contributed by atoms with Crippen LogP contribution in [-0.2, 0) is 25.5 Å². The van der Waals surface area contributed by atoms with Crippen LogP contribution in [0.2, 0.25) is 0 Å². The quantitative estimate of drug-likeness (QED) is 0.286. The summed E-state index contributed by atoms with van der Waals surface area (Å²) in [6.07, 6.45) is 0.206. The van der Waals surface area contributed by atoms with Crippen molar-refractivity contribution in [2.75, 3.05) is 13.2 Å². The molecule has 0 aliphatic carbocycles. The molecule has 33 heavy (non-hydrogen) atoms. The fourth-order valence-corrected chi connectivity index (χ4v) is 3.00. The smallest absolute Gasteiger partial charge is 0.308 e. The zero-order valence-corrected chi connectivity index (χ0v) is 18.1. The van der Waals surface area contributed by atoms with E-state index in [1.807, 2.05) is 91.0 Å². The van der Waals surface area contributed by atoms with Gasteiger partial charge < -0.3 is 10.1 Å². The molecule has 0 fully saturated rings. The Hall–Kier alpha value is -4.26. The third kappa shape index (κ3) is 8.06. The van der Waals surface area contributed by atoms with Crippen LogP contribution in [0.4, 0.5) is 0 Å². The van der Waals surface area contributed by atoms with Crippen LogP contribution in [-0.4, -0.2) is 36.6 Å². The second-order valence-electron chi connectivity index (χ2n) is 7.15. The molecule has 0 spiro atoms. The van der Waals surface area contributed by atoms with Crippen LogP contribution >= 0.6 is 0 Å². The Balaban J connectivity index is 1.43. The molecule has 0 heterocycles. The van der Waals surface area contributed by atoms with E-state index in [1.54, 1.807) is 0 Å². The van der Waals surface area contributed by atoms with Gasteiger partial charge in [0.15, 0.2) is 6.61 Å². The summed E-state index contributed by atoms with van der Waals surface area (Å²) in [5.74, 6) is -1.32. The highest BCUT2D eigenvalue weighted by atomic mass is 16.5. The maximum absolute atomic E-state index is 12.1. The van der Waals surface area contributed by atoms with Crippen molar-refractivity contribution in [1.82, 2.24) is 10.7 Å². The molecule has 0 saturated heterocycles. The molecule has 7 heteroatoms. The minimum atomic E-state index is -0.583. The molecule has 0 radical (unpaired) electrons. The van der Waals surface area contributed by atoms with Gasteiger partial charge in [0.05, 0.1) is 18.6 Å². The second kappa shape index (κ2) is 12.6. The molecular formula is C26H25N3O4. The van der Waals surface area contributed by atoms with Crippen LogP contribution < -0.4 is 10.7 Å². The van der Waals surface area contributed by atoms with Gasteiger partial charge in [0.2, 0.25) is 5.91 Å². The second-order valence-corrected chi connectivity index (χ2v) is 7.15. The van der Waals surface area contributed by atoms with Crippen LogP contribution in [0.25, 0.3) is 0 Å². The van der Waals surface area contributed by atoms with Crippen molar-refractivity contribution < 1.29 is 19.1 Å². The third-order valence-corrected chi connectivity index (χ3v) is 4.61. The van der Waals surface area contributed by atoms with Crippen LogP contribution in [0.3, 0.4) is 0 Å². The number of rotatable bonds is 10. The van der Waals surface area contributed by atoms with Gasteiger partial charge in [-0.3, -0.25) is 14.4 Å². The molecule has 0 atom stereocenters. The van der Waals surface area contributed by atoms with E-state index in [9.17, 15) is 14.4 Å². The number of benzene rings is 3. The Kier molecular flexibility index (Phi) is 8.91. The summed E-state index contributed by atoms with van der Waals surface area (Å²) >= 11 is 0. The fourth-order valence-electron chi connectivity index (χ4n) is 3.00. The highest BCUT2D eigenvalue weighted by molar-refractivity contribution is 6.13. The number of ether oxygens (including phenoxy) is 1. The Morgan fingerprint density at radius 1 is 0.727 bits per heavy atom. The van der Waals surface area contributed by atoms with Crippen molar-refractivity contribution in [2.45, 2.75) is 12.8 Å². The fraction of sp³-hybridized carbons (Fsp3) is 0.154. The number of hydrazone groups is 1. The topological polar surface area (TPSA) is 96.9 Å². The summed E-state index contributed by atoms with van der Waals surface area (Å²) in [5.41, 5.74) is 5.60. The molecule has 0 saturated carbocycles. The molecular weight excluding hydrogens is 418 g/mol. The number of nitrogens with zero attached hydrogens (tertiary/aromatic N) is 1. The lowest BCUT2D eigenvalue weighted by atomic mass is 10.0. The molecule has 0 unspecified atom stereocenters. The number of hydrogen-bond acceptors (Lipinski definition) is 5. The third-order valence-electron chi connectivity index (χ3n) is 4.61. The molecule has 0 aliphatic rings. The van der Waals surface area contributed by atoms with Gasteiger partial charge in [0.1, 0.15) is 0 Å². The van der Waals surface area contributed by atoms with Crippen molar-refractivity contribution in [2.24, 2.45) is 5.10 Å². The standard InChI is InChI=1S/C26H25N3O4/c30-23(18-20-10-4-1-5-11-20)27-17-16-25(32)33-19-24(31)28-29-26(21-12-6-2-7-13-21)22-14-8-3-9-15-22/h1-15H,16-19H2,(H,27,30)(H,28,31). The van der Waals surface area contributed by atoms with Gasteiger partial charge in [0, 0.05) is 17.7 Å². The number of esters is 1. The van der Waals surface area contributed by atoms with E-state index in [1.165, 1.54) is 0 Å². The molecule has 3 aromatic rings. The molecule has 7 nitrogen and oxygen atoms in total. The van der Waals surface area contributed by atoms with Crippen molar-refractivity contribution in [3.8, 4) is 0 Å². The highest BCUT2D eigenvalue weighted by Crippen LogP contribution is 2.10. The average Bonchev–Trinajstić information content (AvgIpc) is 2.85. The van der Waals surface area contributed by atoms with Gasteiger partial charge in [-0.25, -0.2) is 5.43 Å². The number of hydrogen-bond donors (Lipinski definition) is 2. The van der Waals surface area contributed by atoms with E-state index >= 15 is 0 Å². The van der Waals surface area contributed by atoms with E-state index in [4.69, 9.17) is 4.74 Å². The first-order chi connectivity index (χ1) is 16.1. The van der Waals surface area contributed by atoms with Gasteiger partial charge in [-0.1, -0.05) is 91.0 Å². The maximum atomic E-state index is 12.1. The summed E-state index contributed by atoms with van der Waals surface area (Å²) in [6.45, 7) is -0.326. The monoisotopic (exact) mass is 443 g/mol. The predicted molar refractivity (Wildman–Crippen MR) is 125 cm³/mol. The lowest BCUT2D eigenvalue weighted by Gasteiger charge is -2.09. The molecule has 168 valence electrons. The van der Waals surface area contributed by atoms with E-state index in [-0.39, 0.29) is 25.3 Å². The van der Waals surface area contributed by atoms with Gasteiger partial charge >= 0.3 is 5.97 Å². The van der Waals surface area contributed by atoms with Gasteiger partial charge in [-0.15, -0.1) is 0 Å². The minimum absolute atomic E-state index is 0.0314. The zero-order valence-electron chi connectivity index (χ0n) is 18.1. The molecule has 0 aliphatic heterocycles. The maximum Gasteiger partial charge on any atom is 0.308 e. The van der Waals surface area contributed by atoms with E-state index in [0.717, 1.165) is 16.7 Å². The van der Waals surface area contributed by atoms with Crippen LogP contribution in [0.15, 0.2) is 96.1 Å². The van der Waals surface area contributed by atoms with Gasteiger partial charge in [-0.05, 0) is 5.56 Å². The normalized spacial score (nSPS) is 10.1. The van der Waals surface area contributed by atoms with Crippen LogP contribution in [0.1, 0.15) is 23.1 Å². The average molecular weight is 444 g/mol. The first-order valence-electron chi connectivity index (χ1n) is 10.6. The molecule has 3 aromatic carbocycles. The minimum Gasteiger partial charge on any atom is -0.455 e. The van der Waals surface area contributed by atoms with Crippen molar-refractivity contribution >= 4 is 23.5 Å². The lowest BCUT2D eigenvalue weighted by molar-refractivity contribution is -0.148. The number of amides is 2. The lowest BCUT2D eigenvalue weighted by Crippen LogP contribution is -2.29. The Morgan fingerprint density at radius 3 is 1.85 bits per heavy atom. The first-order valence-corrected chi connectivity index (χ1v) is 10.6. The Bertz CT molecular complexity index is 1040. The Labute approximate surface area is 192 Å². The van der Waals surface area contributed by atoms with Crippen molar-refractivity contribution in [3.05, 3.63) is 108 Å². The summed E-state index contributed by atoms with van der Waals surface area (Å²) in [6, 6.07) is 28.2. The zero-order chi connectivity index (χ0) is 23.3. The number of carbonyl (C=O) groups is 3. The SMILES string of the molecule is O=C(Cc1ccccc1)NCCC(=O)OCC(=O)NN=C(c1ccccc1)c1ccccc1. The van der Waals surface area contributed by atoms with Crippen molar-refractivity contribution in [1.29, 1.82) is 0 Å². The van der Waals surface area contributed by atoms with Gasteiger partial charge in [0.25, 0.3) is 5.91 Å². The summed E-state index contributed by atoms with van der Waals surface area (Å²) in [7, 11) is 0. The summed E-state index contributed by atoms with van der Waals surface area (Å²) in [5, 5.41) is 6.90. The van der Waals surface area contributed by atoms with Crippen LogP contribution in [0, 0.1) is 0 Å². The highest BCUT2D eigenvalue weighted by Gasteiger charge is 2.11. The molecule has 2 N–H and O–H groups in total. The Morgan fingerprint density at radius 2 is 1.27 bits per heavy atom. The van der Waals surface area contributed by atoms with Crippen LogP contribution in [0.5, 0.6) is 0 Å². The summed E-state index contributed by atoms with van der Waals surface area (Å²) < 4.78 is 4.98. The first kappa shape index (κ1) is 23.4. The van der Waals surface area contributed by atoms with E-state index in [0.29, 0.717) is 5.71 Å². The number of nitrogens with one attached hydrogen (secondary N) is 2. The van der Waals surface area contributed by atoms with E-state index in [2.05, 4.69) is 15.8 Å². The molecule has 3 rings (SSSR count). The molecule has 0 aromatic heterocycles. The largest absolute Gasteiger partial charge is 0.455 e. The molecule has 0 bridgehead atoms. The predicted octanol–water partition coefficient (Wildman–Crippen LogP) is 2.85.